The van der Waals surface area contributed by atoms with E-state index in [2.05, 4.69) is 5.10 Å². The largest absolute Gasteiger partial charge is 0.499 e. The van der Waals surface area contributed by atoms with E-state index < -0.39 is 5.97 Å². The van der Waals surface area contributed by atoms with Gasteiger partial charge in [0.05, 0.1) is 5.56 Å². The van der Waals surface area contributed by atoms with Gasteiger partial charge in [0.1, 0.15) is 10.6 Å². The van der Waals surface area contributed by atoms with E-state index in [1.54, 1.807) is 4.68 Å². The van der Waals surface area contributed by atoms with Gasteiger partial charge in [0, 0.05) is 13.2 Å². The summed E-state index contributed by atoms with van der Waals surface area (Å²) in [4.78, 5) is 11.3. The van der Waals surface area contributed by atoms with Crippen LogP contribution in [0.15, 0.2) is 6.20 Å². The van der Waals surface area contributed by atoms with Gasteiger partial charge in [-0.15, -0.1) is 0 Å². The Bertz CT molecular complexity index is 633. The van der Waals surface area contributed by atoms with E-state index in [4.69, 9.17) is 5.11 Å². The molecular weight excluding hydrogens is 507 g/mol. The molecule has 2 heterocycles. The summed E-state index contributed by atoms with van der Waals surface area (Å²) < 4.78 is 1.69. The molecule has 0 radical (unpaired) electrons. The fourth-order valence-electron chi connectivity index (χ4n) is 2.30. The van der Waals surface area contributed by atoms with Crippen LogP contribution < -0.4 is 0 Å². The van der Waals surface area contributed by atoms with Crippen LogP contribution in [-0.2, 0) is 19.9 Å². The Kier molecular flexibility index (Phi) is 2.33. The predicted octanol–water partition coefficient (Wildman–Crippen LogP) is 1.65. The van der Waals surface area contributed by atoms with Crippen LogP contribution in [0.1, 0.15) is 20.8 Å². The van der Waals surface area contributed by atoms with Crippen molar-refractivity contribution in [1.82, 2.24) is 9.78 Å². The van der Waals surface area contributed by atoms with Crippen molar-refractivity contribution >= 4 is 17.3 Å². The van der Waals surface area contributed by atoms with Gasteiger partial charge in [-0.2, -0.15) is 5.10 Å². The van der Waals surface area contributed by atoms with Crippen LogP contribution in [0.2, 0.25) is 0 Å². The van der Waals surface area contributed by atoms with E-state index in [-0.39, 0.29) is 9.94 Å². The Hall–Kier alpha value is -2.82. The number of aromatic nitrogens is 2. The standard InChI is InChI=1S/C11H10N2O3S.Rf/c1-13-4-5-2-3-6-7(8(5)12-13)11(16)17-9(6)10(14)15;/h4,16H,2-3H2,1H3,(H,14,15);. The van der Waals surface area contributed by atoms with Crippen LogP contribution >= 0.6 is 11.3 Å². The molecule has 7 heteroatoms. The number of fused-ring (bicyclic) bond motifs is 3. The smallest absolute Gasteiger partial charge is 0.346 e. The van der Waals surface area contributed by atoms with Gasteiger partial charge in [0.15, 0.2) is 5.06 Å². The number of hydrogen-bond acceptors (Lipinski definition) is 4. The Labute approximate surface area is 101 Å². The minimum Gasteiger partial charge on any atom is -0.499 e. The van der Waals surface area contributed by atoms with Crippen molar-refractivity contribution < 1.29 is 15.0 Å². The molecule has 1 aliphatic carbocycles. The molecular formula is C11H10N2O3RfS. The molecule has 0 aromatic carbocycles. The zero-order chi connectivity index (χ0) is 12.2. The third-order valence-corrected chi connectivity index (χ3v) is 3.99. The van der Waals surface area contributed by atoms with Crippen LogP contribution in [-0.4, -0.2) is 26.0 Å². The van der Waals surface area contributed by atoms with E-state index in [9.17, 15) is 9.90 Å². The number of rotatable bonds is 1. The van der Waals surface area contributed by atoms with Gasteiger partial charge in [-0.3, -0.25) is 4.68 Å². The zero-order valence-corrected chi connectivity index (χ0v) is 17.0. The molecule has 2 N–H and O–H groups in total. The van der Waals surface area contributed by atoms with Gasteiger partial charge in [-0.1, -0.05) is 11.3 Å². The monoisotopic (exact) mass is 517 g/mol. The second-order valence-corrected chi connectivity index (χ2v) is 5.07. The summed E-state index contributed by atoms with van der Waals surface area (Å²) >= 11 is 0.918. The number of carboxylic acids is 1. The molecule has 0 amide bonds. The number of carboxylic acid groups (broad SMARTS) is 1. The second kappa shape index (κ2) is 3.59. The number of nitrogens with zero attached hydrogens (tertiary/aromatic N) is 2. The van der Waals surface area contributed by atoms with Crippen LogP contribution in [0.3, 0.4) is 0 Å². The van der Waals surface area contributed by atoms with E-state index in [0.717, 1.165) is 29.0 Å². The van der Waals surface area contributed by atoms with Gasteiger partial charge in [0.25, 0.3) is 0 Å². The molecule has 2 aromatic rings. The van der Waals surface area contributed by atoms with Gasteiger partial charge in [-0.25, -0.2) is 4.79 Å². The quantitative estimate of drug-likeness (QED) is 0.604. The predicted molar refractivity (Wildman–Crippen MR) is 62.6 cm³/mol. The summed E-state index contributed by atoms with van der Waals surface area (Å²) in [5.41, 5.74) is 3.10. The van der Waals surface area contributed by atoms with E-state index in [1.165, 1.54) is 0 Å². The topological polar surface area (TPSA) is 75.3 Å². The number of aryl methyl sites for hydroxylation is 2. The molecule has 0 aliphatic heterocycles. The molecule has 0 saturated carbocycles. The van der Waals surface area contributed by atoms with Crippen molar-refractivity contribution in [1.29, 1.82) is 0 Å². The number of aromatic carboxylic acids is 1. The average molecular weight is 517 g/mol. The van der Waals surface area contributed by atoms with Crippen LogP contribution in [0, 0.1) is 0 Å². The number of carbonyl (C=O) groups is 1. The molecule has 1 aliphatic rings. The van der Waals surface area contributed by atoms with E-state index in [0.29, 0.717) is 17.5 Å². The number of aromatic hydroxyl groups is 1. The van der Waals surface area contributed by atoms with Crippen LogP contribution in [0.4, 0.5) is 0 Å². The summed E-state index contributed by atoms with van der Waals surface area (Å²) in [7, 11) is 1.82. The maximum atomic E-state index is 11.1. The molecule has 0 unspecified atom stereocenters. The first-order valence-electron chi connectivity index (χ1n) is 5.18. The number of thiophene rings is 1. The Balaban J connectivity index is 0.00000120. The molecule has 90 valence electrons. The zero-order valence-electron chi connectivity index (χ0n) is 9.80. The fraction of sp³-hybridized carbons (Fsp3) is 0.273. The van der Waals surface area contributed by atoms with Crippen LogP contribution in [0.5, 0.6) is 5.06 Å². The molecule has 18 heavy (non-hydrogen) atoms. The minimum atomic E-state index is -0.981. The Morgan fingerprint density at radius 3 is 2.89 bits per heavy atom. The Morgan fingerprint density at radius 1 is 1.50 bits per heavy atom. The van der Waals surface area contributed by atoms with E-state index >= 15 is 0 Å². The normalized spacial score (nSPS) is 12.5. The SMILES string of the molecule is Cn1cc2c(n1)-c1c(O)sc(C(=O)O)c1CC2.[Rf]. The van der Waals surface area contributed by atoms with Gasteiger partial charge in [0.2, 0.25) is 0 Å². The molecule has 0 spiro atoms. The van der Waals surface area contributed by atoms with Gasteiger partial charge < -0.3 is 10.2 Å². The van der Waals surface area contributed by atoms with Crippen molar-refractivity contribution in [3.63, 3.8) is 0 Å². The fourth-order valence-corrected chi connectivity index (χ4v) is 3.23. The summed E-state index contributed by atoms with van der Waals surface area (Å²) in [5.74, 6) is -0.981. The number of hydrogen-bond donors (Lipinski definition) is 2. The summed E-state index contributed by atoms with van der Waals surface area (Å²) in [6.07, 6.45) is 3.33. The summed E-state index contributed by atoms with van der Waals surface area (Å²) in [6.45, 7) is 0. The van der Waals surface area contributed by atoms with Crippen molar-refractivity contribution in [2.24, 2.45) is 7.05 Å². The maximum Gasteiger partial charge on any atom is 0.346 e. The third kappa shape index (κ3) is 1.34. The molecule has 0 fully saturated rings. The average Bonchev–Trinajstić information content (AvgIpc) is 2.77. The summed E-state index contributed by atoms with van der Waals surface area (Å²) in [5, 5.41) is 23.3. The second-order valence-electron chi connectivity index (χ2n) is 4.07. The molecule has 2 aromatic heterocycles. The maximum absolute atomic E-state index is 11.1. The molecule has 0 atom stereocenters. The van der Waals surface area contributed by atoms with Crippen molar-refractivity contribution in [3.05, 3.63) is 22.2 Å². The Morgan fingerprint density at radius 2 is 2.22 bits per heavy atom. The van der Waals surface area contributed by atoms with Crippen molar-refractivity contribution in [2.75, 3.05) is 0 Å². The van der Waals surface area contributed by atoms with Gasteiger partial charge in [-0.05, 0) is 24.0 Å². The van der Waals surface area contributed by atoms with E-state index in [1.807, 2.05) is 13.2 Å². The van der Waals surface area contributed by atoms with Crippen LogP contribution in [0.25, 0.3) is 11.3 Å². The first-order valence-corrected chi connectivity index (χ1v) is 6.00. The molecule has 3 rings (SSSR count). The molecule has 5 nitrogen and oxygen atoms in total. The van der Waals surface area contributed by atoms with Crippen molar-refractivity contribution in [3.8, 4) is 16.3 Å². The first-order chi connectivity index (χ1) is 8.08. The first kappa shape index (κ1) is 11.7. The minimum absolute atomic E-state index is 0. The summed E-state index contributed by atoms with van der Waals surface area (Å²) in [6, 6.07) is 0. The molecule has 0 bridgehead atoms. The van der Waals surface area contributed by atoms with Gasteiger partial charge >= 0.3 is 5.97 Å². The molecule has 0 saturated heterocycles. The van der Waals surface area contributed by atoms with Crippen molar-refractivity contribution in [2.45, 2.75) is 12.8 Å². The third-order valence-electron chi connectivity index (χ3n) is 2.97.